The Hall–Kier alpha value is -2.33. The monoisotopic (exact) mass is 881 g/mol. The molecule has 0 radical (unpaired) electrons. The third-order valence-electron chi connectivity index (χ3n) is 10.1. The molecule has 0 aromatic heterocycles. The summed E-state index contributed by atoms with van der Waals surface area (Å²) >= 11 is 0. The summed E-state index contributed by atoms with van der Waals surface area (Å²) < 4.78 is 34.3. The summed E-state index contributed by atoms with van der Waals surface area (Å²) in [4.78, 5) is 35.4. The first-order chi connectivity index (χ1) is 29.4. The third kappa shape index (κ3) is 45.5. The minimum atomic E-state index is -4.40. The molecule has 0 aliphatic rings. The van der Waals surface area contributed by atoms with Gasteiger partial charge >= 0.3 is 19.8 Å². The molecule has 0 amide bonds. The van der Waals surface area contributed by atoms with E-state index in [0.29, 0.717) is 23.9 Å². The van der Waals surface area contributed by atoms with Crippen molar-refractivity contribution >= 4 is 19.8 Å². The van der Waals surface area contributed by atoms with Gasteiger partial charge < -0.3 is 24.0 Å². The SMILES string of the molecule is CCCCCCCC/C=C\CCCCCCCCCCCC(=O)O[C@H](COC(=O)CCC/C=C\C/C=C\C/C=C\C/C=C\[C@@H](O)CCCC)COP(=O)(O)OCC[N+](C)(C)C. The molecule has 0 fully saturated rings. The highest BCUT2D eigenvalue weighted by molar-refractivity contribution is 7.47. The molecule has 0 saturated carbocycles. The molecule has 0 spiro atoms. The maximum atomic E-state index is 12.7. The van der Waals surface area contributed by atoms with Crippen LogP contribution in [0.25, 0.3) is 0 Å². The van der Waals surface area contributed by atoms with Crippen molar-refractivity contribution in [2.45, 2.75) is 199 Å². The lowest BCUT2D eigenvalue weighted by Gasteiger charge is -2.24. The number of hydrogen-bond donors (Lipinski definition) is 2. The molecule has 0 aliphatic heterocycles. The van der Waals surface area contributed by atoms with Gasteiger partial charge in [-0.3, -0.25) is 18.6 Å². The van der Waals surface area contributed by atoms with Crippen molar-refractivity contribution in [3.63, 3.8) is 0 Å². The first kappa shape index (κ1) is 58.7. The fraction of sp³-hybridized carbons (Fsp3) is 0.760. The predicted molar refractivity (Wildman–Crippen MR) is 253 cm³/mol. The van der Waals surface area contributed by atoms with Gasteiger partial charge in [0.05, 0.1) is 33.9 Å². The highest BCUT2D eigenvalue weighted by Crippen LogP contribution is 2.43. The molecule has 2 N–H and O–H groups in total. The van der Waals surface area contributed by atoms with Gasteiger partial charge in [0.1, 0.15) is 19.8 Å². The molecule has 10 nitrogen and oxygen atoms in total. The van der Waals surface area contributed by atoms with Crippen molar-refractivity contribution < 1.29 is 47.2 Å². The lowest BCUT2D eigenvalue weighted by atomic mass is 10.1. The number of unbranched alkanes of at least 4 members (excludes halogenated alkanes) is 17. The van der Waals surface area contributed by atoms with Crippen molar-refractivity contribution in [3.8, 4) is 0 Å². The summed E-state index contributed by atoms with van der Waals surface area (Å²) in [6.45, 7) is 4.19. The molecule has 0 heterocycles. The number of phosphoric ester groups is 1. The van der Waals surface area contributed by atoms with Crippen LogP contribution >= 0.6 is 7.82 Å². The Morgan fingerprint density at radius 2 is 1.05 bits per heavy atom. The summed E-state index contributed by atoms with van der Waals surface area (Å²) in [7, 11) is 1.42. The number of carbonyl (C=O) groups is 2. The summed E-state index contributed by atoms with van der Waals surface area (Å²) in [6, 6.07) is 0. The lowest BCUT2D eigenvalue weighted by molar-refractivity contribution is -0.870. The van der Waals surface area contributed by atoms with Crippen LogP contribution in [0.15, 0.2) is 60.8 Å². The minimum absolute atomic E-state index is 0.0141. The molecule has 0 aromatic carbocycles. The Morgan fingerprint density at radius 3 is 1.62 bits per heavy atom. The topological polar surface area (TPSA) is 129 Å². The van der Waals surface area contributed by atoms with Gasteiger partial charge in [-0.2, -0.15) is 0 Å². The summed E-state index contributed by atoms with van der Waals surface area (Å²) in [6.07, 6.45) is 47.5. The van der Waals surface area contributed by atoms with Crippen molar-refractivity contribution in [1.82, 2.24) is 0 Å². The van der Waals surface area contributed by atoms with Gasteiger partial charge in [0.25, 0.3) is 0 Å². The Labute approximate surface area is 373 Å². The fourth-order valence-corrected chi connectivity index (χ4v) is 7.00. The maximum absolute atomic E-state index is 12.7. The summed E-state index contributed by atoms with van der Waals surface area (Å²) in [5, 5.41) is 9.83. The van der Waals surface area contributed by atoms with Crippen LogP contribution in [0.3, 0.4) is 0 Å². The van der Waals surface area contributed by atoms with Crippen molar-refractivity contribution in [2.75, 3.05) is 47.5 Å². The fourth-order valence-electron chi connectivity index (χ4n) is 6.25. The molecule has 0 saturated heterocycles. The number of rotatable bonds is 43. The number of aliphatic hydroxyl groups excluding tert-OH is 1. The zero-order valence-electron chi connectivity index (χ0n) is 39.5. The normalized spacial score (nSPS) is 14.5. The number of hydrogen-bond acceptors (Lipinski definition) is 8. The number of nitrogens with zero attached hydrogens (tertiary/aromatic N) is 1. The Morgan fingerprint density at radius 1 is 0.574 bits per heavy atom. The van der Waals surface area contributed by atoms with Gasteiger partial charge in [-0.1, -0.05) is 164 Å². The summed E-state index contributed by atoms with van der Waals surface area (Å²) in [5.41, 5.74) is 0. The number of carbonyl (C=O) groups excluding carboxylic acids is 2. The third-order valence-corrected chi connectivity index (χ3v) is 11.1. The number of likely N-dealkylation sites (N-methyl/N-ethyl adjacent to an activating group) is 1. The van der Waals surface area contributed by atoms with E-state index in [4.69, 9.17) is 18.5 Å². The van der Waals surface area contributed by atoms with Crippen LogP contribution in [-0.4, -0.2) is 86.1 Å². The van der Waals surface area contributed by atoms with E-state index < -0.39 is 32.5 Å². The largest absolute Gasteiger partial charge is 0.472 e. The molecule has 0 aliphatic carbocycles. The second kappa shape index (κ2) is 41.7. The van der Waals surface area contributed by atoms with Gasteiger partial charge in [-0.15, -0.1) is 0 Å². The molecular weight excluding hydrogens is 790 g/mol. The smallest absolute Gasteiger partial charge is 0.462 e. The van der Waals surface area contributed by atoms with E-state index in [0.717, 1.165) is 64.2 Å². The van der Waals surface area contributed by atoms with E-state index in [1.165, 1.54) is 83.5 Å². The highest BCUT2D eigenvalue weighted by atomic mass is 31.2. The van der Waals surface area contributed by atoms with E-state index in [-0.39, 0.29) is 32.2 Å². The molecule has 354 valence electrons. The van der Waals surface area contributed by atoms with Gasteiger partial charge in [-0.05, 0) is 70.6 Å². The van der Waals surface area contributed by atoms with E-state index in [1.807, 2.05) is 39.4 Å². The van der Waals surface area contributed by atoms with Crippen molar-refractivity contribution in [2.24, 2.45) is 0 Å². The van der Waals surface area contributed by atoms with Crippen LogP contribution in [-0.2, 0) is 32.7 Å². The Balaban J connectivity index is 4.41. The van der Waals surface area contributed by atoms with Crippen LogP contribution in [0.4, 0.5) is 0 Å². The van der Waals surface area contributed by atoms with Crippen LogP contribution in [0.2, 0.25) is 0 Å². The van der Waals surface area contributed by atoms with Crippen LogP contribution < -0.4 is 0 Å². The maximum Gasteiger partial charge on any atom is 0.472 e. The predicted octanol–water partition coefficient (Wildman–Crippen LogP) is 13.0. The van der Waals surface area contributed by atoms with Crippen LogP contribution in [0.1, 0.15) is 187 Å². The molecule has 3 atom stereocenters. The average Bonchev–Trinajstić information content (AvgIpc) is 3.21. The zero-order valence-corrected chi connectivity index (χ0v) is 40.4. The number of quaternary nitrogens is 1. The van der Waals surface area contributed by atoms with E-state index in [2.05, 4.69) is 56.4 Å². The first-order valence-electron chi connectivity index (χ1n) is 24.1. The lowest BCUT2D eigenvalue weighted by Crippen LogP contribution is -2.37. The van der Waals surface area contributed by atoms with Crippen LogP contribution in [0.5, 0.6) is 0 Å². The molecule has 61 heavy (non-hydrogen) atoms. The van der Waals surface area contributed by atoms with E-state index in [1.54, 1.807) is 0 Å². The number of ether oxygens (including phenoxy) is 2. The molecule has 0 aromatic rings. The second-order valence-corrected chi connectivity index (χ2v) is 18.8. The quantitative estimate of drug-likeness (QED) is 0.0202. The molecular formula is C50H91NO9P+. The standard InChI is InChI=1S/C50H90NO9P/c1-6-8-10-11-12-13-14-15-16-17-18-19-20-21-26-29-32-35-38-42-50(54)60-48(46-59-61(55,56)58-44-43-51(3,4)5)45-57-49(53)41-37-34-31-28-25-23-22-24-27-30-33-36-40-47(52)39-9-7-2/h15-16,22-23,27-28,30-31,36,40,47-48,52H,6-14,17-21,24-26,29,32-35,37-39,41-46H2,1-5H3/p+1/b16-15-,23-22-,30-27-,31-28-,40-36-/t47-,48+/m0/s1. The minimum Gasteiger partial charge on any atom is -0.462 e. The molecule has 0 rings (SSSR count). The van der Waals surface area contributed by atoms with Crippen molar-refractivity contribution in [1.29, 1.82) is 0 Å². The molecule has 0 bridgehead atoms. The Kier molecular flexibility index (Phi) is 40.1. The van der Waals surface area contributed by atoms with Gasteiger partial charge in [-0.25, -0.2) is 4.57 Å². The van der Waals surface area contributed by atoms with E-state index >= 15 is 0 Å². The number of phosphoric acid groups is 1. The van der Waals surface area contributed by atoms with Gasteiger partial charge in [0.15, 0.2) is 6.10 Å². The Bertz CT molecular complexity index is 1240. The number of aliphatic hydroxyl groups is 1. The first-order valence-corrected chi connectivity index (χ1v) is 25.6. The van der Waals surface area contributed by atoms with Crippen LogP contribution in [0, 0.1) is 0 Å². The molecule has 1 unspecified atom stereocenters. The van der Waals surface area contributed by atoms with Gasteiger partial charge in [0.2, 0.25) is 0 Å². The van der Waals surface area contributed by atoms with Crippen molar-refractivity contribution in [3.05, 3.63) is 60.8 Å². The van der Waals surface area contributed by atoms with Gasteiger partial charge in [0, 0.05) is 12.8 Å². The zero-order chi connectivity index (χ0) is 45.1. The van der Waals surface area contributed by atoms with E-state index in [9.17, 15) is 24.2 Å². The molecule has 11 heteroatoms. The number of allylic oxidation sites excluding steroid dienone is 9. The second-order valence-electron chi connectivity index (χ2n) is 17.3. The average molecular weight is 881 g/mol. The highest BCUT2D eigenvalue weighted by Gasteiger charge is 2.27. The summed E-state index contributed by atoms with van der Waals surface area (Å²) in [5.74, 6) is -0.890. The number of esters is 2.